The third-order valence-electron chi connectivity index (χ3n) is 3.91. The van der Waals surface area contributed by atoms with Crippen LogP contribution in [0.1, 0.15) is 20.7 Å². The van der Waals surface area contributed by atoms with Gasteiger partial charge in [-0.1, -0.05) is 36.4 Å². The summed E-state index contributed by atoms with van der Waals surface area (Å²) in [5.74, 6) is -1.09. The van der Waals surface area contributed by atoms with E-state index in [9.17, 15) is 14.7 Å². The molecule has 6 nitrogen and oxygen atoms in total. The first-order valence-electron chi connectivity index (χ1n) is 7.93. The van der Waals surface area contributed by atoms with Crippen LogP contribution < -0.4 is 0 Å². The first kappa shape index (κ1) is 17.1. The molecular weight excluding hydrogens is 324 g/mol. The Morgan fingerprint density at radius 2 is 1.44 bits per heavy atom. The van der Waals surface area contributed by atoms with E-state index >= 15 is 0 Å². The highest BCUT2D eigenvalue weighted by Gasteiger charge is 2.42. The second-order valence-electron chi connectivity index (χ2n) is 5.60. The van der Waals surface area contributed by atoms with Crippen molar-refractivity contribution in [2.75, 3.05) is 13.2 Å². The van der Waals surface area contributed by atoms with Crippen LogP contribution in [-0.4, -0.2) is 48.6 Å². The van der Waals surface area contributed by atoms with E-state index in [1.54, 1.807) is 60.7 Å². The zero-order valence-electron chi connectivity index (χ0n) is 13.4. The number of carbonyl (C=O) groups excluding carboxylic acids is 2. The minimum atomic E-state index is -0.870. The fourth-order valence-electron chi connectivity index (χ4n) is 2.60. The van der Waals surface area contributed by atoms with E-state index in [4.69, 9.17) is 14.2 Å². The Morgan fingerprint density at radius 1 is 0.920 bits per heavy atom. The lowest BCUT2D eigenvalue weighted by Gasteiger charge is -2.22. The summed E-state index contributed by atoms with van der Waals surface area (Å²) in [6, 6.07) is 17.0. The van der Waals surface area contributed by atoms with E-state index in [-0.39, 0.29) is 13.2 Å². The molecule has 1 aliphatic rings. The third kappa shape index (κ3) is 4.04. The summed E-state index contributed by atoms with van der Waals surface area (Å²) >= 11 is 0. The summed E-state index contributed by atoms with van der Waals surface area (Å²) in [6.07, 6.45) is -2.39. The molecular formula is C19H18O6. The molecule has 1 aliphatic heterocycles. The Labute approximate surface area is 144 Å². The van der Waals surface area contributed by atoms with Crippen molar-refractivity contribution in [3.63, 3.8) is 0 Å². The second-order valence-corrected chi connectivity index (χ2v) is 5.60. The lowest BCUT2D eigenvalue weighted by atomic mass is 10.1. The van der Waals surface area contributed by atoms with Crippen LogP contribution in [0.2, 0.25) is 0 Å². The highest BCUT2D eigenvalue weighted by molar-refractivity contribution is 5.90. The van der Waals surface area contributed by atoms with Crippen LogP contribution in [0.4, 0.5) is 0 Å². The number of hydrogen-bond acceptors (Lipinski definition) is 6. The molecule has 1 fully saturated rings. The van der Waals surface area contributed by atoms with Gasteiger partial charge in [-0.25, -0.2) is 9.59 Å². The summed E-state index contributed by atoms with van der Waals surface area (Å²) in [7, 11) is 0. The first-order valence-corrected chi connectivity index (χ1v) is 7.93. The van der Waals surface area contributed by atoms with Crippen molar-refractivity contribution in [2.24, 2.45) is 0 Å². The molecule has 0 aliphatic carbocycles. The number of carbonyl (C=O) groups is 2. The normalized spacial score (nSPS) is 22.4. The molecule has 3 atom stereocenters. The van der Waals surface area contributed by atoms with Crippen LogP contribution in [-0.2, 0) is 14.2 Å². The van der Waals surface area contributed by atoms with E-state index in [1.807, 2.05) is 0 Å². The van der Waals surface area contributed by atoms with Gasteiger partial charge in [0.05, 0.1) is 24.3 Å². The van der Waals surface area contributed by atoms with Crippen molar-refractivity contribution in [3.8, 4) is 0 Å². The molecule has 2 aromatic carbocycles. The van der Waals surface area contributed by atoms with E-state index in [0.717, 1.165) is 0 Å². The summed E-state index contributed by atoms with van der Waals surface area (Å²) < 4.78 is 16.3. The number of benzene rings is 2. The molecule has 130 valence electrons. The molecule has 0 saturated carbocycles. The van der Waals surface area contributed by atoms with Gasteiger partial charge in [0.1, 0.15) is 6.10 Å². The zero-order valence-corrected chi connectivity index (χ0v) is 13.4. The largest absolute Gasteiger partial charge is 0.452 e. The van der Waals surface area contributed by atoms with Crippen LogP contribution >= 0.6 is 0 Å². The Bertz CT molecular complexity index is 715. The summed E-state index contributed by atoms with van der Waals surface area (Å²) in [4.78, 5) is 24.5. The van der Waals surface area contributed by atoms with Gasteiger partial charge in [-0.2, -0.15) is 0 Å². The minimum absolute atomic E-state index is 0.0521. The minimum Gasteiger partial charge on any atom is -0.452 e. The Morgan fingerprint density at radius 3 is 1.96 bits per heavy atom. The first-order chi connectivity index (χ1) is 12.2. The number of aliphatic hydroxyl groups excluding tert-OH is 1. The zero-order chi connectivity index (χ0) is 17.6. The van der Waals surface area contributed by atoms with Gasteiger partial charge in [-0.3, -0.25) is 0 Å². The van der Waals surface area contributed by atoms with E-state index in [0.29, 0.717) is 11.1 Å². The molecule has 1 saturated heterocycles. The topological polar surface area (TPSA) is 82.1 Å². The van der Waals surface area contributed by atoms with Gasteiger partial charge in [0, 0.05) is 0 Å². The number of ether oxygens (including phenoxy) is 3. The third-order valence-corrected chi connectivity index (χ3v) is 3.91. The van der Waals surface area contributed by atoms with E-state index in [2.05, 4.69) is 0 Å². The van der Waals surface area contributed by atoms with Crippen LogP contribution in [0.15, 0.2) is 60.7 Å². The predicted molar refractivity (Wildman–Crippen MR) is 88.1 cm³/mol. The molecule has 1 N–H and O–H groups in total. The van der Waals surface area contributed by atoms with Crippen LogP contribution in [0.5, 0.6) is 0 Å². The Hall–Kier alpha value is -2.70. The van der Waals surface area contributed by atoms with Gasteiger partial charge in [0.25, 0.3) is 0 Å². The van der Waals surface area contributed by atoms with Crippen LogP contribution in [0, 0.1) is 0 Å². The Balaban J connectivity index is 1.70. The quantitative estimate of drug-likeness (QED) is 0.835. The summed E-state index contributed by atoms with van der Waals surface area (Å²) in [5.41, 5.74) is 0.766. The number of hydrogen-bond donors (Lipinski definition) is 1. The maximum atomic E-state index is 12.3. The average Bonchev–Trinajstić information content (AvgIpc) is 3.04. The summed E-state index contributed by atoms with van der Waals surface area (Å²) in [5, 5.41) is 9.43. The monoisotopic (exact) mass is 342 g/mol. The fourth-order valence-corrected chi connectivity index (χ4v) is 2.60. The number of esters is 2. The molecule has 0 bridgehead atoms. The fraction of sp³-hybridized carbons (Fsp3) is 0.263. The van der Waals surface area contributed by atoms with Gasteiger partial charge in [-0.05, 0) is 24.3 Å². The maximum absolute atomic E-state index is 12.3. The highest BCUT2D eigenvalue weighted by atomic mass is 16.6. The van der Waals surface area contributed by atoms with Gasteiger partial charge in [-0.15, -0.1) is 0 Å². The highest BCUT2D eigenvalue weighted by Crippen LogP contribution is 2.23. The van der Waals surface area contributed by atoms with Crippen molar-refractivity contribution in [1.82, 2.24) is 0 Å². The van der Waals surface area contributed by atoms with Gasteiger partial charge < -0.3 is 19.3 Å². The standard InChI is InChI=1S/C19H18O6/c20-11-15-17(25-19(22)14-9-5-2-6-10-14)16(12-23-15)24-18(21)13-7-3-1-4-8-13/h1-10,15-17,20H,11-12H2. The number of aliphatic hydroxyl groups is 1. The Kier molecular flexibility index (Phi) is 5.42. The van der Waals surface area contributed by atoms with E-state index < -0.39 is 30.3 Å². The molecule has 2 aromatic rings. The maximum Gasteiger partial charge on any atom is 0.338 e. The van der Waals surface area contributed by atoms with Gasteiger partial charge >= 0.3 is 11.9 Å². The molecule has 6 heteroatoms. The van der Waals surface area contributed by atoms with E-state index in [1.165, 1.54) is 0 Å². The van der Waals surface area contributed by atoms with Gasteiger partial charge in [0.15, 0.2) is 12.2 Å². The molecule has 0 spiro atoms. The SMILES string of the molecule is O=C(OC1COC(CO)C1OC(=O)c1ccccc1)c1ccccc1. The lowest BCUT2D eigenvalue weighted by molar-refractivity contribution is -0.0388. The lowest BCUT2D eigenvalue weighted by Crippen LogP contribution is -2.39. The predicted octanol–water partition coefficient (Wildman–Crippen LogP) is 1.83. The van der Waals surface area contributed by atoms with Crippen molar-refractivity contribution < 1.29 is 28.9 Å². The second kappa shape index (κ2) is 7.92. The van der Waals surface area contributed by atoms with Crippen molar-refractivity contribution in [2.45, 2.75) is 18.3 Å². The van der Waals surface area contributed by atoms with Gasteiger partial charge in [0.2, 0.25) is 0 Å². The smallest absolute Gasteiger partial charge is 0.338 e. The molecule has 1 heterocycles. The van der Waals surface area contributed by atoms with Crippen LogP contribution in [0.3, 0.4) is 0 Å². The molecule has 3 unspecified atom stereocenters. The average molecular weight is 342 g/mol. The molecule has 25 heavy (non-hydrogen) atoms. The van der Waals surface area contributed by atoms with Crippen molar-refractivity contribution >= 4 is 11.9 Å². The summed E-state index contributed by atoms with van der Waals surface area (Å²) in [6.45, 7) is -0.289. The molecule has 0 amide bonds. The molecule has 3 rings (SSSR count). The van der Waals surface area contributed by atoms with Crippen molar-refractivity contribution in [1.29, 1.82) is 0 Å². The molecule has 0 aromatic heterocycles. The van der Waals surface area contributed by atoms with Crippen LogP contribution in [0.25, 0.3) is 0 Å². The number of rotatable bonds is 5. The van der Waals surface area contributed by atoms with Crippen molar-refractivity contribution in [3.05, 3.63) is 71.8 Å². The molecule has 0 radical (unpaired) electrons.